The topological polar surface area (TPSA) is 81.2 Å². The van der Waals surface area contributed by atoms with Crippen molar-refractivity contribution in [3.63, 3.8) is 0 Å². The summed E-state index contributed by atoms with van der Waals surface area (Å²) in [6.07, 6.45) is 2.74. The van der Waals surface area contributed by atoms with Gasteiger partial charge in [-0.3, -0.25) is 9.69 Å². The highest BCUT2D eigenvalue weighted by atomic mass is 16.1. The SMILES string of the molecule is CN(C)[C@@H]1CCN(Cc2ccc3[nH]c(-c4cc(N)c[nH]c4=O)cc3c2)C1. The molecule has 1 aliphatic heterocycles. The molecule has 0 saturated carbocycles. The summed E-state index contributed by atoms with van der Waals surface area (Å²) in [5, 5.41) is 1.11. The minimum absolute atomic E-state index is 0.141. The van der Waals surface area contributed by atoms with Gasteiger partial charge in [0.2, 0.25) is 0 Å². The second-order valence-electron chi connectivity index (χ2n) is 7.42. The first kappa shape index (κ1) is 16.9. The zero-order valence-corrected chi connectivity index (χ0v) is 15.2. The van der Waals surface area contributed by atoms with E-state index in [9.17, 15) is 4.79 Å². The number of likely N-dealkylation sites (tertiary alicyclic amines) is 1. The van der Waals surface area contributed by atoms with Crippen molar-refractivity contribution in [2.75, 3.05) is 32.9 Å². The molecule has 0 bridgehead atoms. The van der Waals surface area contributed by atoms with E-state index in [0.29, 0.717) is 17.3 Å². The van der Waals surface area contributed by atoms with Crippen molar-refractivity contribution in [3.8, 4) is 11.3 Å². The molecular formula is C20H25N5O. The van der Waals surface area contributed by atoms with E-state index in [4.69, 9.17) is 5.73 Å². The predicted octanol–water partition coefficient (Wildman–Crippen LogP) is 2.24. The first-order chi connectivity index (χ1) is 12.5. The van der Waals surface area contributed by atoms with Crippen LogP contribution < -0.4 is 11.3 Å². The summed E-state index contributed by atoms with van der Waals surface area (Å²) in [6, 6.07) is 10.8. The lowest BCUT2D eigenvalue weighted by molar-refractivity contribution is 0.265. The molecule has 0 spiro atoms. The number of hydrogen-bond donors (Lipinski definition) is 3. The second kappa shape index (κ2) is 6.63. The number of aromatic nitrogens is 2. The number of likely N-dealkylation sites (N-methyl/N-ethyl adjacent to an activating group) is 1. The van der Waals surface area contributed by atoms with Gasteiger partial charge in [-0.2, -0.15) is 0 Å². The number of benzene rings is 1. The van der Waals surface area contributed by atoms with Crippen molar-refractivity contribution < 1.29 is 0 Å². The summed E-state index contributed by atoms with van der Waals surface area (Å²) >= 11 is 0. The van der Waals surface area contributed by atoms with E-state index in [1.807, 2.05) is 6.07 Å². The molecule has 0 radical (unpaired) electrons. The Morgan fingerprint density at radius 1 is 1.27 bits per heavy atom. The van der Waals surface area contributed by atoms with Crippen LogP contribution in [-0.4, -0.2) is 53.0 Å². The molecule has 3 heterocycles. The number of hydrogen-bond acceptors (Lipinski definition) is 4. The van der Waals surface area contributed by atoms with Gasteiger partial charge in [0.05, 0.1) is 11.3 Å². The summed E-state index contributed by atoms with van der Waals surface area (Å²) in [5.41, 5.74) is 9.90. The fourth-order valence-corrected chi connectivity index (χ4v) is 3.76. The second-order valence-corrected chi connectivity index (χ2v) is 7.42. The van der Waals surface area contributed by atoms with Crippen molar-refractivity contribution in [1.82, 2.24) is 19.8 Å². The maximum atomic E-state index is 12.1. The van der Waals surface area contributed by atoms with Gasteiger partial charge < -0.3 is 20.6 Å². The zero-order chi connectivity index (χ0) is 18.3. The first-order valence-corrected chi connectivity index (χ1v) is 8.98. The lowest BCUT2D eigenvalue weighted by atomic mass is 10.1. The molecule has 2 aromatic heterocycles. The number of pyridine rings is 1. The van der Waals surface area contributed by atoms with Gasteiger partial charge in [-0.25, -0.2) is 0 Å². The van der Waals surface area contributed by atoms with Crippen LogP contribution >= 0.6 is 0 Å². The fourth-order valence-electron chi connectivity index (χ4n) is 3.76. The van der Waals surface area contributed by atoms with E-state index < -0.39 is 0 Å². The highest BCUT2D eigenvalue weighted by Gasteiger charge is 2.23. The lowest BCUT2D eigenvalue weighted by Crippen LogP contribution is -2.31. The smallest absolute Gasteiger partial charge is 0.257 e. The van der Waals surface area contributed by atoms with Crippen LogP contribution in [0.4, 0.5) is 5.69 Å². The van der Waals surface area contributed by atoms with E-state index in [1.165, 1.54) is 18.2 Å². The Hall–Kier alpha value is -2.57. The van der Waals surface area contributed by atoms with Crippen LogP contribution in [0.25, 0.3) is 22.2 Å². The Bertz CT molecular complexity index is 987. The van der Waals surface area contributed by atoms with Crippen molar-refractivity contribution in [3.05, 3.63) is 52.4 Å². The normalized spacial score (nSPS) is 18.2. The Morgan fingerprint density at radius 3 is 2.88 bits per heavy atom. The molecule has 1 aliphatic rings. The van der Waals surface area contributed by atoms with Crippen LogP contribution in [0.2, 0.25) is 0 Å². The molecule has 1 fully saturated rings. The molecule has 0 unspecified atom stereocenters. The van der Waals surface area contributed by atoms with Crippen molar-refractivity contribution >= 4 is 16.6 Å². The van der Waals surface area contributed by atoms with Gasteiger partial charge in [0.15, 0.2) is 0 Å². The van der Waals surface area contributed by atoms with Crippen LogP contribution in [0.3, 0.4) is 0 Å². The van der Waals surface area contributed by atoms with Gasteiger partial charge >= 0.3 is 0 Å². The van der Waals surface area contributed by atoms with Gasteiger partial charge in [0.25, 0.3) is 5.56 Å². The first-order valence-electron chi connectivity index (χ1n) is 8.98. The molecule has 0 amide bonds. The van der Waals surface area contributed by atoms with Crippen LogP contribution in [0, 0.1) is 0 Å². The van der Waals surface area contributed by atoms with E-state index >= 15 is 0 Å². The Morgan fingerprint density at radius 2 is 2.12 bits per heavy atom. The number of fused-ring (bicyclic) bond motifs is 1. The lowest BCUT2D eigenvalue weighted by Gasteiger charge is -2.20. The zero-order valence-electron chi connectivity index (χ0n) is 15.2. The van der Waals surface area contributed by atoms with Crippen molar-refractivity contribution in [2.24, 2.45) is 0 Å². The molecule has 1 saturated heterocycles. The molecule has 4 N–H and O–H groups in total. The fraction of sp³-hybridized carbons (Fsp3) is 0.350. The number of nitrogens with two attached hydrogens (primary N) is 1. The number of nitrogens with one attached hydrogen (secondary N) is 2. The third kappa shape index (κ3) is 3.25. The number of nitrogens with zero attached hydrogens (tertiary/aromatic N) is 2. The van der Waals surface area contributed by atoms with Gasteiger partial charge in [0, 0.05) is 48.5 Å². The number of H-pyrrole nitrogens is 2. The van der Waals surface area contributed by atoms with Gasteiger partial charge in [-0.1, -0.05) is 6.07 Å². The molecule has 6 nitrogen and oxygen atoms in total. The molecule has 0 aliphatic carbocycles. The highest BCUT2D eigenvalue weighted by Crippen LogP contribution is 2.25. The van der Waals surface area contributed by atoms with E-state index in [-0.39, 0.29) is 5.56 Å². The number of rotatable bonds is 4. The van der Waals surface area contributed by atoms with Gasteiger partial charge in [-0.05, 0) is 50.3 Å². The molecule has 1 atom stereocenters. The van der Waals surface area contributed by atoms with Crippen LogP contribution in [0.5, 0.6) is 0 Å². The molecule has 1 aromatic carbocycles. The number of anilines is 1. The summed E-state index contributed by atoms with van der Waals surface area (Å²) in [5.74, 6) is 0. The molecule has 136 valence electrons. The molecule has 4 rings (SSSR count). The molecule has 3 aromatic rings. The third-order valence-electron chi connectivity index (χ3n) is 5.28. The van der Waals surface area contributed by atoms with E-state index in [1.54, 1.807) is 6.07 Å². The molecule has 26 heavy (non-hydrogen) atoms. The van der Waals surface area contributed by atoms with Crippen molar-refractivity contribution in [2.45, 2.75) is 19.0 Å². The predicted molar refractivity (Wildman–Crippen MR) is 106 cm³/mol. The Kier molecular flexibility index (Phi) is 4.30. The Labute approximate surface area is 152 Å². The summed E-state index contributed by atoms with van der Waals surface area (Å²) < 4.78 is 0. The maximum Gasteiger partial charge on any atom is 0.257 e. The van der Waals surface area contributed by atoms with E-state index in [2.05, 4.69) is 52.1 Å². The van der Waals surface area contributed by atoms with Crippen LogP contribution in [0.1, 0.15) is 12.0 Å². The monoisotopic (exact) mass is 351 g/mol. The van der Waals surface area contributed by atoms with Crippen molar-refractivity contribution in [1.29, 1.82) is 0 Å². The minimum atomic E-state index is -0.141. The third-order valence-corrected chi connectivity index (χ3v) is 5.28. The molecular weight excluding hydrogens is 326 g/mol. The molecule has 6 heteroatoms. The minimum Gasteiger partial charge on any atom is -0.398 e. The maximum absolute atomic E-state index is 12.1. The Balaban J connectivity index is 1.58. The summed E-state index contributed by atoms with van der Waals surface area (Å²) in [7, 11) is 4.30. The van der Waals surface area contributed by atoms with E-state index in [0.717, 1.165) is 36.2 Å². The largest absolute Gasteiger partial charge is 0.398 e. The average molecular weight is 351 g/mol. The standard InChI is InChI=1S/C20H25N5O/c1-24(2)16-5-6-25(12-16)11-13-3-4-18-14(7-13)8-19(23-18)17-9-15(21)10-22-20(17)26/h3-4,7-10,16,23H,5-6,11-12,21H2,1-2H3,(H,22,26)/t16-/m1/s1. The summed E-state index contributed by atoms with van der Waals surface area (Å²) in [6.45, 7) is 3.21. The summed E-state index contributed by atoms with van der Waals surface area (Å²) in [4.78, 5) is 22.9. The highest BCUT2D eigenvalue weighted by molar-refractivity contribution is 5.86. The average Bonchev–Trinajstić information content (AvgIpc) is 3.23. The van der Waals surface area contributed by atoms with Crippen LogP contribution in [0.15, 0.2) is 41.3 Å². The van der Waals surface area contributed by atoms with Crippen LogP contribution in [-0.2, 0) is 6.54 Å². The van der Waals surface area contributed by atoms with Gasteiger partial charge in [-0.15, -0.1) is 0 Å². The van der Waals surface area contributed by atoms with Gasteiger partial charge in [0.1, 0.15) is 0 Å². The number of aromatic amines is 2. The number of nitrogen functional groups attached to an aromatic ring is 1. The quantitative estimate of drug-likeness (QED) is 0.673.